The smallest absolute Gasteiger partial charge is 0.335 e. The lowest BCUT2D eigenvalue weighted by Crippen LogP contribution is -2.68. The van der Waals surface area contributed by atoms with Crippen molar-refractivity contribution in [3.8, 4) is 0 Å². The molecule has 0 aromatic rings. The van der Waals surface area contributed by atoms with Gasteiger partial charge in [-0.25, -0.2) is 4.79 Å². The fraction of sp³-hybridized carbons (Fsp3) is 0.931. The van der Waals surface area contributed by atoms with E-state index in [0.717, 1.165) is 14.2 Å². The quantitative estimate of drug-likeness (QED) is 0.0747. The Labute approximate surface area is 291 Å². The third kappa shape index (κ3) is 9.13. The fourth-order valence-electron chi connectivity index (χ4n) is 6.37. The molecule has 4 aliphatic rings. The number of aliphatic hydroxyl groups excluding tert-OH is 8. The van der Waals surface area contributed by atoms with E-state index >= 15 is 0 Å². The predicted molar refractivity (Wildman–Crippen MR) is 157 cm³/mol. The van der Waals surface area contributed by atoms with Gasteiger partial charge in [0.1, 0.15) is 67.1 Å². The zero-order valence-corrected chi connectivity index (χ0v) is 28.1. The largest absolute Gasteiger partial charge is 0.479 e. The molecule has 0 aliphatic carbocycles. The number of esters is 1. The second-order valence-corrected chi connectivity index (χ2v) is 12.3. The van der Waals surface area contributed by atoms with Crippen LogP contribution in [0.2, 0.25) is 0 Å². The van der Waals surface area contributed by atoms with E-state index in [4.69, 9.17) is 47.4 Å². The molecule has 9 N–H and O–H groups in total. The first-order valence-electron chi connectivity index (χ1n) is 16.0. The van der Waals surface area contributed by atoms with Crippen LogP contribution < -0.4 is 0 Å². The maximum Gasteiger partial charge on any atom is 0.335 e. The Balaban J connectivity index is 1.70. The van der Waals surface area contributed by atoms with Crippen LogP contribution in [-0.4, -0.2) is 216 Å². The molecule has 0 amide bonds. The van der Waals surface area contributed by atoms with Crippen molar-refractivity contribution < 1.29 is 108 Å². The van der Waals surface area contributed by atoms with Gasteiger partial charge in [0.15, 0.2) is 31.3 Å². The van der Waals surface area contributed by atoms with Crippen LogP contribution in [0.5, 0.6) is 0 Å². The van der Waals surface area contributed by atoms with Crippen LogP contribution in [0.15, 0.2) is 0 Å². The van der Waals surface area contributed by atoms with Crippen molar-refractivity contribution in [3.05, 3.63) is 0 Å². The molecular formula is C29H48O22. The third-order valence-corrected chi connectivity index (χ3v) is 9.19. The molecular weight excluding hydrogens is 700 g/mol. The maximum atomic E-state index is 12.2. The lowest BCUT2D eigenvalue weighted by molar-refractivity contribution is -0.397. The normalized spacial score (nSPS) is 46.4. The maximum absolute atomic E-state index is 12.2. The number of ether oxygens (including phenoxy) is 11. The van der Waals surface area contributed by atoms with Crippen LogP contribution in [0.4, 0.5) is 0 Å². The van der Waals surface area contributed by atoms with Gasteiger partial charge in [0.2, 0.25) is 0 Å². The number of aliphatic hydroxyl groups is 8. The van der Waals surface area contributed by atoms with Crippen LogP contribution >= 0.6 is 0 Å². The van der Waals surface area contributed by atoms with Crippen LogP contribution in [0.25, 0.3) is 0 Å². The van der Waals surface area contributed by atoms with Crippen molar-refractivity contribution >= 4 is 11.9 Å². The molecule has 0 bridgehead atoms. The second-order valence-electron chi connectivity index (χ2n) is 12.3. The molecule has 0 aromatic heterocycles. The molecule has 4 saturated heterocycles. The van der Waals surface area contributed by atoms with Gasteiger partial charge in [0.25, 0.3) is 0 Å². The molecule has 0 saturated carbocycles. The number of hydrogen-bond donors (Lipinski definition) is 9. The second kappa shape index (κ2) is 18.5. The summed E-state index contributed by atoms with van der Waals surface area (Å²) in [6.07, 6.45) is -32.0. The van der Waals surface area contributed by atoms with E-state index in [1.54, 1.807) is 0 Å². The minimum Gasteiger partial charge on any atom is -0.479 e. The number of carboxylic acids is 1. The number of methoxy groups -OCH3 is 4. The summed E-state index contributed by atoms with van der Waals surface area (Å²) in [5.74, 6) is -2.49. The monoisotopic (exact) mass is 748 g/mol. The average molecular weight is 749 g/mol. The Hall–Kier alpha value is -1.78. The van der Waals surface area contributed by atoms with Gasteiger partial charge in [-0.05, 0) is 0 Å². The van der Waals surface area contributed by atoms with Gasteiger partial charge in [-0.3, -0.25) is 4.79 Å². The topological polar surface area (TPSA) is 318 Å². The van der Waals surface area contributed by atoms with E-state index in [1.165, 1.54) is 14.2 Å². The molecule has 0 unspecified atom stereocenters. The van der Waals surface area contributed by atoms with Gasteiger partial charge in [0, 0.05) is 27.8 Å². The summed E-state index contributed by atoms with van der Waals surface area (Å²) < 4.78 is 60.6. The van der Waals surface area contributed by atoms with Gasteiger partial charge in [-0.1, -0.05) is 0 Å². The first kappa shape index (κ1) is 42.0. The summed E-state index contributed by atoms with van der Waals surface area (Å²) in [6.45, 7) is -1.27. The molecule has 22 nitrogen and oxygen atoms in total. The predicted octanol–water partition coefficient (Wildman–Crippen LogP) is -6.09. The number of carboxylic acid groups (broad SMARTS) is 1. The van der Waals surface area contributed by atoms with Gasteiger partial charge in [-0.15, -0.1) is 0 Å². The number of rotatable bonds is 14. The highest BCUT2D eigenvalue weighted by molar-refractivity contribution is 5.73. The average Bonchev–Trinajstić information content (AvgIpc) is 3.12. The Morgan fingerprint density at radius 1 is 0.588 bits per heavy atom. The molecule has 4 aliphatic heterocycles. The summed E-state index contributed by atoms with van der Waals surface area (Å²) >= 11 is 0. The van der Waals surface area contributed by atoms with Gasteiger partial charge in [0.05, 0.1) is 45.1 Å². The highest BCUT2D eigenvalue weighted by Gasteiger charge is 2.56. The lowest BCUT2D eigenvalue weighted by Gasteiger charge is -2.50. The Morgan fingerprint density at radius 2 is 1.20 bits per heavy atom. The van der Waals surface area contributed by atoms with E-state index in [-0.39, 0.29) is 6.42 Å². The summed E-state index contributed by atoms with van der Waals surface area (Å²) in [5, 5.41) is 95.7. The van der Waals surface area contributed by atoms with Crippen molar-refractivity contribution in [1.82, 2.24) is 0 Å². The van der Waals surface area contributed by atoms with E-state index in [9.17, 15) is 55.5 Å². The standard InChI is InChI=1S/C29H48O22/c1-41-10-5-9(7-30)45-27(15(10)34)48-20-12(8-31)47-26(44-4)19(38)22(20)49-29-23(16(35)14(33)11(46-29)6-13(32)42-2)50-28-18(37)17(36)21(43-3)24(51-28)25(39)40/h9-12,14-24,26-31,33-38H,5-8H2,1-4H3,(H,39,40)/t9-,10-,11-,12+,14-,15+,16+,17+,18+,19+,20+,21-,22-,23+,24-,26+,27-,28+,29-/m0/s1. The number of hydrogen-bond acceptors (Lipinski definition) is 21. The van der Waals surface area contributed by atoms with Gasteiger partial charge < -0.3 is 98.1 Å². The summed E-state index contributed by atoms with van der Waals surface area (Å²) in [6, 6.07) is 0. The van der Waals surface area contributed by atoms with Crippen molar-refractivity contribution in [3.63, 3.8) is 0 Å². The van der Waals surface area contributed by atoms with E-state index in [2.05, 4.69) is 4.74 Å². The van der Waals surface area contributed by atoms with E-state index in [1.807, 2.05) is 0 Å². The summed E-state index contributed by atoms with van der Waals surface area (Å²) in [7, 11) is 4.61. The van der Waals surface area contributed by atoms with Crippen molar-refractivity contribution in [2.75, 3.05) is 41.7 Å². The van der Waals surface area contributed by atoms with E-state index < -0.39 is 148 Å². The summed E-state index contributed by atoms with van der Waals surface area (Å²) in [5.41, 5.74) is 0. The van der Waals surface area contributed by atoms with Crippen LogP contribution in [0, 0.1) is 0 Å². The number of carbonyl (C=O) groups excluding carboxylic acids is 1. The molecule has 296 valence electrons. The molecule has 4 fully saturated rings. The minimum absolute atomic E-state index is 0.0846. The Kier molecular flexibility index (Phi) is 15.2. The molecule has 0 radical (unpaired) electrons. The van der Waals surface area contributed by atoms with Crippen molar-refractivity contribution in [2.24, 2.45) is 0 Å². The highest BCUT2D eigenvalue weighted by Crippen LogP contribution is 2.36. The molecule has 4 rings (SSSR count). The Bertz CT molecular complexity index is 1120. The zero-order chi connectivity index (χ0) is 37.7. The van der Waals surface area contributed by atoms with Gasteiger partial charge in [-0.2, -0.15) is 0 Å². The highest BCUT2D eigenvalue weighted by atomic mass is 16.8. The molecule has 0 aromatic carbocycles. The first-order valence-corrected chi connectivity index (χ1v) is 16.0. The number of aliphatic carboxylic acids is 1. The van der Waals surface area contributed by atoms with E-state index in [0.29, 0.717) is 0 Å². The lowest BCUT2D eigenvalue weighted by atomic mass is 9.94. The fourth-order valence-corrected chi connectivity index (χ4v) is 6.37. The van der Waals surface area contributed by atoms with Crippen molar-refractivity contribution in [1.29, 1.82) is 0 Å². The molecule has 4 heterocycles. The Morgan fingerprint density at radius 3 is 1.76 bits per heavy atom. The zero-order valence-electron chi connectivity index (χ0n) is 28.1. The molecule has 22 heteroatoms. The third-order valence-electron chi connectivity index (χ3n) is 9.19. The summed E-state index contributed by atoms with van der Waals surface area (Å²) in [4.78, 5) is 24.1. The SMILES string of the molecule is COC(=O)C[C@@H]1O[C@@H](O[C@H]2[C@@H](O)[C@H](OC)O[C@H](CO)[C@H]2O[C@@H]2O[C@H](CO)C[C@H](OC)[C@H]2O)[C@H](O[C@@H]2O[C@H](C(=O)O)[C@@H](OC)[C@H](O)[C@H]2O)[C@H](O)[C@H]1O. The van der Waals surface area contributed by atoms with Crippen molar-refractivity contribution in [2.45, 2.75) is 130 Å². The van der Waals surface area contributed by atoms with Crippen LogP contribution in [0.3, 0.4) is 0 Å². The number of carbonyl (C=O) groups is 2. The molecule has 19 atom stereocenters. The first-order chi connectivity index (χ1) is 24.2. The van der Waals surface area contributed by atoms with Crippen LogP contribution in [-0.2, 0) is 61.7 Å². The molecule has 0 spiro atoms. The van der Waals surface area contributed by atoms with Crippen LogP contribution in [0.1, 0.15) is 12.8 Å². The molecule has 51 heavy (non-hydrogen) atoms. The minimum atomic E-state index is -2.05. The van der Waals surface area contributed by atoms with Gasteiger partial charge >= 0.3 is 11.9 Å².